The van der Waals surface area contributed by atoms with Gasteiger partial charge in [-0.25, -0.2) is 4.98 Å². The van der Waals surface area contributed by atoms with E-state index >= 15 is 0 Å². The van der Waals surface area contributed by atoms with Crippen molar-refractivity contribution in [3.63, 3.8) is 0 Å². The van der Waals surface area contributed by atoms with Gasteiger partial charge < -0.3 is 14.8 Å². The Bertz CT molecular complexity index is 1140. The maximum atomic E-state index is 12.6. The number of fused-ring (bicyclic) bond motifs is 2. The van der Waals surface area contributed by atoms with Crippen LogP contribution in [0.1, 0.15) is 28.7 Å². The van der Waals surface area contributed by atoms with Gasteiger partial charge in [0.2, 0.25) is 11.8 Å². The highest BCUT2D eigenvalue weighted by atomic mass is 16.2. The van der Waals surface area contributed by atoms with Crippen LogP contribution in [-0.2, 0) is 29.6 Å². The standard InChI is InChI=1S/C23H24N4O2/c1-15-4-7-20-19(10-15)18(13-26(20)2)14-27(3)22(29)9-5-16-11-17-6-8-21(28)25-23(17)24-12-16/h4-5,7,9-13H,6,8,14H2,1-3H3,(H,24,25,28)/b9-5+. The van der Waals surface area contributed by atoms with Gasteiger partial charge in [0.25, 0.3) is 0 Å². The van der Waals surface area contributed by atoms with Gasteiger partial charge in [-0.1, -0.05) is 11.6 Å². The smallest absolute Gasteiger partial charge is 0.246 e. The molecule has 4 rings (SSSR count). The maximum absolute atomic E-state index is 12.6. The van der Waals surface area contributed by atoms with Gasteiger partial charge in [0, 0.05) is 56.4 Å². The van der Waals surface area contributed by atoms with Crippen molar-refractivity contribution >= 4 is 34.6 Å². The number of pyridine rings is 1. The molecule has 0 saturated heterocycles. The zero-order valence-corrected chi connectivity index (χ0v) is 16.9. The Kier molecular flexibility index (Phi) is 4.92. The van der Waals surface area contributed by atoms with Crippen LogP contribution in [0.15, 0.2) is 42.7 Å². The zero-order valence-electron chi connectivity index (χ0n) is 16.9. The van der Waals surface area contributed by atoms with Gasteiger partial charge >= 0.3 is 0 Å². The molecule has 0 unspecified atom stereocenters. The fourth-order valence-corrected chi connectivity index (χ4v) is 3.71. The third kappa shape index (κ3) is 3.92. The van der Waals surface area contributed by atoms with E-state index in [-0.39, 0.29) is 11.8 Å². The summed E-state index contributed by atoms with van der Waals surface area (Å²) in [7, 11) is 3.83. The quantitative estimate of drug-likeness (QED) is 0.696. The SMILES string of the molecule is Cc1ccc2c(c1)c(CN(C)C(=O)/C=C/c1cnc3c(c1)CCC(=O)N3)cn2C. The topological polar surface area (TPSA) is 67.2 Å². The molecule has 0 saturated carbocycles. The molecule has 2 amide bonds. The summed E-state index contributed by atoms with van der Waals surface area (Å²) >= 11 is 0. The van der Waals surface area contributed by atoms with Gasteiger partial charge in [-0.15, -0.1) is 0 Å². The molecule has 1 N–H and O–H groups in total. The molecule has 1 aromatic carbocycles. The highest BCUT2D eigenvalue weighted by Crippen LogP contribution is 2.24. The third-order valence-electron chi connectivity index (χ3n) is 5.30. The molecule has 0 fully saturated rings. The molecule has 2 aromatic heterocycles. The van der Waals surface area contributed by atoms with E-state index < -0.39 is 0 Å². The van der Waals surface area contributed by atoms with Crippen molar-refractivity contribution < 1.29 is 9.59 Å². The molecular weight excluding hydrogens is 364 g/mol. The number of nitrogens with zero attached hydrogens (tertiary/aromatic N) is 3. The molecule has 0 spiro atoms. The summed E-state index contributed by atoms with van der Waals surface area (Å²) in [6, 6.07) is 8.35. The Morgan fingerprint density at radius 1 is 1.31 bits per heavy atom. The number of carbonyl (C=O) groups is 2. The molecule has 0 bridgehead atoms. The van der Waals surface area contributed by atoms with Crippen LogP contribution in [0.5, 0.6) is 0 Å². The number of anilines is 1. The molecule has 148 valence electrons. The number of rotatable bonds is 4. The van der Waals surface area contributed by atoms with E-state index in [0.717, 1.165) is 22.2 Å². The summed E-state index contributed by atoms with van der Waals surface area (Å²) in [5, 5.41) is 3.94. The minimum Gasteiger partial charge on any atom is -0.350 e. The highest BCUT2D eigenvalue weighted by molar-refractivity contribution is 5.94. The second-order valence-corrected chi connectivity index (χ2v) is 7.64. The Morgan fingerprint density at radius 2 is 2.14 bits per heavy atom. The molecule has 3 aromatic rings. The minimum absolute atomic E-state index is 0.00581. The minimum atomic E-state index is -0.0688. The number of hydrogen-bond acceptors (Lipinski definition) is 3. The molecule has 1 aliphatic heterocycles. The first-order chi connectivity index (χ1) is 13.9. The second-order valence-electron chi connectivity index (χ2n) is 7.64. The Morgan fingerprint density at radius 3 is 2.97 bits per heavy atom. The van der Waals surface area contributed by atoms with E-state index in [4.69, 9.17) is 0 Å². The maximum Gasteiger partial charge on any atom is 0.246 e. The number of amides is 2. The molecule has 0 atom stereocenters. The number of carbonyl (C=O) groups excluding carboxylic acids is 2. The fraction of sp³-hybridized carbons (Fsp3) is 0.261. The Balaban J connectivity index is 1.48. The molecular formula is C23H24N4O2. The molecule has 6 heteroatoms. The van der Waals surface area contributed by atoms with Crippen LogP contribution in [0.3, 0.4) is 0 Å². The summed E-state index contributed by atoms with van der Waals surface area (Å²) in [6.07, 6.45) is 8.23. The first-order valence-corrected chi connectivity index (χ1v) is 9.67. The fourth-order valence-electron chi connectivity index (χ4n) is 3.71. The average Bonchev–Trinajstić information content (AvgIpc) is 3.00. The van der Waals surface area contributed by atoms with Crippen molar-refractivity contribution in [2.75, 3.05) is 12.4 Å². The van der Waals surface area contributed by atoms with Crippen molar-refractivity contribution in [3.8, 4) is 0 Å². The van der Waals surface area contributed by atoms with Gasteiger partial charge in [0.1, 0.15) is 5.82 Å². The van der Waals surface area contributed by atoms with Crippen LogP contribution in [0, 0.1) is 6.92 Å². The van der Waals surface area contributed by atoms with Crippen LogP contribution in [0.4, 0.5) is 5.82 Å². The van der Waals surface area contributed by atoms with E-state index in [1.165, 1.54) is 10.9 Å². The number of nitrogens with one attached hydrogen (secondary N) is 1. The van der Waals surface area contributed by atoms with Crippen molar-refractivity contribution in [1.82, 2.24) is 14.5 Å². The molecule has 6 nitrogen and oxygen atoms in total. The van der Waals surface area contributed by atoms with Gasteiger partial charge in [0.05, 0.1) is 0 Å². The monoisotopic (exact) mass is 388 g/mol. The van der Waals surface area contributed by atoms with Crippen molar-refractivity contribution in [2.45, 2.75) is 26.3 Å². The number of aryl methyl sites for hydroxylation is 3. The highest BCUT2D eigenvalue weighted by Gasteiger charge is 2.16. The van der Waals surface area contributed by atoms with Gasteiger partial charge in [-0.2, -0.15) is 0 Å². The van der Waals surface area contributed by atoms with Crippen LogP contribution in [0.2, 0.25) is 0 Å². The van der Waals surface area contributed by atoms with Gasteiger partial charge in [0.15, 0.2) is 0 Å². The zero-order chi connectivity index (χ0) is 20.5. The number of likely N-dealkylation sites (N-methyl/N-ethyl adjacent to an activating group) is 1. The summed E-state index contributed by atoms with van der Waals surface area (Å²) in [5.74, 6) is 0.544. The normalized spacial score (nSPS) is 13.6. The van der Waals surface area contributed by atoms with E-state index in [9.17, 15) is 9.59 Å². The van der Waals surface area contributed by atoms with Crippen LogP contribution < -0.4 is 5.32 Å². The lowest BCUT2D eigenvalue weighted by Gasteiger charge is -2.16. The van der Waals surface area contributed by atoms with Crippen molar-refractivity contribution in [1.29, 1.82) is 0 Å². The number of aromatic nitrogens is 2. The number of hydrogen-bond donors (Lipinski definition) is 1. The van der Waals surface area contributed by atoms with Gasteiger partial charge in [-0.05, 0) is 54.3 Å². The molecule has 0 aliphatic carbocycles. The lowest BCUT2D eigenvalue weighted by Crippen LogP contribution is -2.24. The van der Waals surface area contributed by atoms with Crippen LogP contribution in [-0.4, -0.2) is 33.3 Å². The van der Waals surface area contributed by atoms with Crippen molar-refractivity contribution in [2.24, 2.45) is 7.05 Å². The summed E-state index contributed by atoms with van der Waals surface area (Å²) in [6.45, 7) is 2.62. The summed E-state index contributed by atoms with van der Waals surface area (Å²) in [4.78, 5) is 30.1. The number of benzene rings is 1. The first-order valence-electron chi connectivity index (χ1n) is 9.67. The van der Waals surface area contributed by atoms with Crippen LogP contribution in [0.25, 0.3) is 17.0 Å². The van der Waals surface area contributed by atoms with Gasteiger partial charge in [-0.3, -0.25) is 9.59 Å². The lowest BCUT2D eigenvalue weighted by atomic mass is 10.0. The van der Waals surface area contributed by atoms with Crippen LogP contribution >= 0.6 is 0 Å². The van der Waals surface area contributed by atoms with E-state index in [2.05, 4.69) is 46.2 Å². The largest absolute Gasteiger partial charge is 0.350 e. The predicted molar refractivity (Wildman–Crippen MR) is 114 cm³/mol. The Hall–Kier alpha value is -3.41. The Labute approximate surface area is 169 Å². The molecule has 3 heterocycles. The second kappa shape index (κ2) is 7.54. The average molecular weight is 388 g/mol. The van der Waals surface area contributed by atoms with E-state index in [1.54, 1.807) is 23.2 Å². The van der Waals surface area contributed by atoms with Crippen molar-refractivity contribution in [3.05, 3.63) is 65.0 Å². The first kappa shape index (κ1) is 18.9. The third-order valence-corrected chi connectivity index (χ3v) is 5.30. The van der Waals surface area contributed by atoms with E-state index in [1.807, 2.05) is 20.2 Å². The predicted octanol–water partition coefficient (Wildman–Crippen LogP) is 3.44. The van der Waals surface area contributed by atoms with E-state index in [0.29, 0.717) is 25.2 Å². The summed E-state index contributed by atoms with van der Waals surface area (Å²) in [5.41, 5.74) is 5.34. The molecule has 29 heavy (non-hydrogen) atoms. The lowest BCUT2D eigenvalue weighted by molar-refractivity contribution is -0.125. The molecule has 0 radical (unpaired) electrons. The summed E-state index contributed by atoms with van der Waals surface area (Å²) < 4.78 is 2.09. The molecule has 1 aliphatic rings.